The molecule has 29 heavy (non-hydrogen) atoms. The molecule has 0 aliphatic rings. The second-order valence-corrected chi connectivity index (χ2v) is 6.34. The van der Waals surface area contributed by atoms with Gasteiger partial charge in [0.25, 0.3) is 5.56 Å². The summed E-state index contributed by atoms with van der Waals surface area (Å²) in [5, 5.41) is 3.40. The quantitative estimate of drug-likeness (QED) is 0.492. The predicted molar refractivity (Wildman–Crippen MR) is 106 cm³/mol. The molecular weight excluding hydrogens is 373 g/mol. The molecule has 3 aromatic heterocycles. The van der Waals surface area contributed by atoms with Crippen LogP contribution in [0.4, 0.5) is 10.2 Å². The molecule has 0 unspecified atom stereocenters. The molecule has 3 heterocycles. The molecule has 0 aliphatic carbocycles. The van der Waals surface area contributed by atoms with Crippen LogP contribution in [0.25, 0.3) is 27.8 Å². The molecule has 142 valence electrons. The first-order valence-corrected chi connectivity index (χ1v) is 8.85. The van der Waals surface area contributed by atoms with Crippen LogP contribution < -0.4 is 10.9 Å². The Morgan fingerprint density at radius 2 is 1.93 bits per heavy atom. The largest absolute Gasteiger partial charge is 0.361 e. The van der Waals surface area contributed by atoms with Gasteiger partial charge in [-0.05, 0) is 30.3 Å². The van der Waals surface area contributed by atoms with Gasteiger partial charge in [0, 0.05) is 0 Å². The molecule has 0 fully saturated rings. The highest BCUT2D eigenvalue weighted by Gasteiger charge is 2.14. The average Bonchev–Trinajstić information content (AvgIpc) is 3.23. The van der Waals surface area contributed by atoms with Crippen LogP contribution in [0.5, 0.6) is 0 Å². The van der Waals surface area contributed by atoms with Crippen molar-refractivity contribution in [2.75, 3.05) is 5.32 Å². The third-order valence-corrected chi connectivity index (χ3v) is 4.55. The molecule has 0 aliphatic heterocycles. The molecule has 0 spiro atoms. The molecule has 0 amide bonds. The summed E-state index contributed by atoms with van der Waals surface area (Å²) in [5.41, 5.74) is 1.91. The molecule has 2 N–H and O–H groups in total. The van der Waals surface area contributed by atoms with E-state index in [-0.39, 0.29) is 17.5 Å². The maximum Gasteiger partial charge on any atom is 0.266 e. The smallest absolute Gasteiger partial charge is 0.266 e. The summed E-state index contributed by atoms with van der Waals surface area (Å²) >= 11 is 0. The van der Waals surface area contributed by atoms with E-state index in [4.69, 9.17) is 0 Å². The van der Waals surface area contributed by atoms with Crippen molar-refractivity contribution in [2.45, 2.75) is 6.54 Å². The van der Waals surface area contributed by atoms with Crippen LogP contribution in [0.1, 0.15) is 5.82 Å². The van der Waals surface area contributed by atoms with Gasteiger partial charge in [-0.3, -0.25) is 9.36 Å². The van der Waals surface area contributed by atoms with Crippen molar-refractivity contribution in [3.8, 4) is 5.69 Å². The maximum absolute atomic E-state index is 13.7. The van der Waals surface area contributed by atoms with Crippen molar-refractivity contribution in [1.82, 2.24) is 29.5 Å². The number of hydrogen-bond donors (Lipinski definition) is 2. The van der Waals surface area contributed by atoms with Crippen LogP contribution in [0.15, 0.2) is 66.0 Å². The number of benzene rings is 2. The van der Waals surface area contributed by atoms with Crippen molar-refractivity contribution in [3.63, 3.8) is 0 Å². The van der Waals surface area contributed by atoms with Crippen LogP contribution in [0.3, 0.4) is 0 Å². The van der Waals surface area contributed by atoms with Crippen LogP contribution >= 0.6 is 0 Å². The summed E-state index contributed by atoms with van der Waals surface area (Å²) in [5.74, 6) is 0.525. The summed E-state index contributed by atoms with van der Waals surface area (Å²) in [7, 11) is 0. The second kappa shape index (κ2) is 6.79. The zero-order chi connectivity index (χ0) is 19.8. The molecule has 2 aromatic carbocycles. The standard InChI is InChI=1S/C20H14FN7O/c21-12-6-7-15-14(8-12)20(29)28(13-4-2-1-3-5-13)16(27-15)9-22-18-17-19(24-10-23-17)26-11-25-18/h1-8,10-11H,9H2,(H2,22,23,24,25,26). The number of fused-ring (bicyclic) bond motifs is 2. The maximum atomic E-state index is 13.7. The van der Waals surface area contributed by atoms with Gasteiger partial charge in [0.15, 0.2) is 11.5 Å². The fourth-order valence-corrected chi connectivity index (χ4v) is 3.23. The summed E-state index contributed by atoms with van der Waals surface area (Å²) in [6, 6.07) is 13.1. The van der Waals surface area contributed by atoms with E-state index < -0.39 is 5.82 Å². The number of H-pyrrole nitrogens is 1. The van der Waals surface area contributed by atoms with Crippen LogP contribution in [-0.2, 0) is 6.54 Å². The number of aromatic nitrogens is 6. The van der Waals surface area contributed by atoms with Crippen molar-refractivity contribution in [3.05, 3.63) is 83.2 Å². The third kappa shape index (κ3) is 2.98. The number of halogens is 1. The molecule has 0 saturated carbocycles. The van der Waals surface area contributed by atoms with Crippen LogP contribution in [-0.4, -0.2) is 29.5 Å². The van der Waals surface area contributed by atoms with E-state index in [9.17, 15) is 9.18 Å². The van der Waals surface area contributed by atoms with Gasteiger partial charge >= 0.3 is 0 Å². The van der Waals surface area contributed by atoms with Gasteiger partial charge in [0.2, 0.25) is 0 Å². The monoisotopic (exact) mass is 387 g/mol. The molecule has 0 radical (unpaired) electrons. The Morgan fingerprint density at radius 3 is 2.79 bits per heavy atom. The number of aromatic amines is 1. The van der Waals surface area contributed by atoms with Gasteiger partial charge in [-0.25, -0.2) is 24.3 Å². The first-order chi connectivity index (χ1) is 14.2. The molecule has 0 atom stereocenters. The summed E-state index contributed by atoms with van der Waals surface area (Å²) in [6.45, 7) is 0.211. The lowest BCUT2D eigenvalue weighted by atomic mass is 10.2. The number of imidazole rings is 1. The van der Waals surface area contributed by atoms with E-state index >= 15 is 0 Å². The topological polar surface area (TPSA) is 101 Å². The summed E-state index contributed by atoms with van der Waals surface area (Å²) in [4.78, 5) is 33.2. The first kappa shape index (κ1) is 17.0. The highest BCUT2D eigenvalue weighted by atomic mass is 19.1. The van der Waals surface area contributed by atoms with E-state index in [2.05, 4.69) is 30.2 Å². The number of nitrogens with one attached hydrogen (secondary N) is 2. The van der Waals surface area contributed by atoms with Crippen molar-refractivity contribution >= 4 is 27.9 Å². The van der Waals surface area contributed by atoms with Gasteiger partial charge in [-0.2, -0.15) is 0 Å². The van der Waals surface area contributed by atoms with E-state index in [0.717, 1.165) is 0 Å². The lowest BCUT2D eigenvalue weighted by Crippen LogP contribution is -2.25. The SMILES string of the molecule is O=c1c2cc(F)ccc2nc(CNc2ncnc3nc[nH]c23)n1-c1ccccc1. The Morgan fingerprint density at radius 1 is 1.07 bits per heavy atom. The number of hydrogen-bond acceptors (Lipinski definition) is 6. The highest BCUT2D eigenvalue weighted by Crippen LogP contribution is 2.18. The fraction of sp³-hybridized carbons (Fsp3) is 0.0500. The summed E-state index contributed by atoms with van der Waals surface area (Å²) in [6.07, 6.45) is 2.94. The number of para-hydroxylation sites is 1. The first-order valence-electron chi connectivity index (χ1n) is 8.85. The minimum absolute atomic E-state index is 0.211. The number of rotatable bonds is 4. The minimum atomic E-state index is -0.482. The molecule has 5 rings (SSSR count). The molecule has 0 bridgehead atoms. The number of nitrogens with zero attached hydrogens (tertiary/aromatic N) is 5. The average molecular weight is 387 g/mol. The zero-order valence-corrected chi connectivity index (χ0v) is 15.0. The van der Waals surface area contributed by atoms with E-state index in [0.29, 0.717) is 34.0 Å². The Kier molecular flexibility index (Phi) is 3.98. The lowest BCUT2D eigenvalue weighted by Gasteiger charge is -2.14. The highest BCUT2D eigenvalue weighted by molar-refractivity contribution is 5.82. The normalized spacial score (nSPS) is 11.2. The Balaban J connectivity index is 1.65. The Hall–Kier alpha value is -4.14. The van der Waals surface area contributed by atoms with Gasteiger partial charge in [0.05, 0.1) is 29.5 Å². The van der Waals surface area contributed by atoms with Gasteiger partial charge in [0.1, 0.15) is 23.5 Å². The molecular formula is C20H14FN7O. The molecule has 8 nitrogen and oxygen atoms in total. The van der Waals surface area contributed by atoms with Crippen LogP contribution in [0.2, 0.25) is 0 Å². The lowest BCUT2D eigenvalue weighted by molar-refractivity contribution is 0.629. The van der Waals surface area contributed by atoms with Gasteiger partial charge in [-0.1, -0.05) is 18.2 Å². The van der Waals surface area contributed by atoms with Crippen LogP contribution in [0, 0.1) is 5.82 Å². The zero-order valence-electron chi connectivity index (χ0n) is 15.0. The second-order valence-electron chi connectivity index (χ2n) is 6.34. The minimum Gasteiger partial charge on any atom is -0.361 e. The third-order valence-electron chi connectivity index (χ3n) is 4.55. The number of anilines is 1. The van der Waals surface area contributed by atoms with E-state index in [1.807, 2.05) is 18.2 Å². The Bertz CT molecular complexity index is 1390. The predicted octanol–water partition coefficient (Wildman–Crippen LogP) is 2.80. The molecule has 0 saturated heterocycles. The van der Waals surface area contributed by atoms with Crippen molar-refractivity contribution < 1.29 is 4.39 Å². The Labute approximate surface area is 163 Å². The van der Waals surface area contributed by atoms with Crippen molar-refractivity contribution in [2.24, 2.45) is 0 Å². The van der Waals surface area contributed by atoms with Crippen molar-refractivity contribution in [1.29, 1.82) is 0 Å². The van der Waals surface area contributed by atoms with E-state index in [1.165, 1.54) is 35.4 Å². The van der Waals surface area contributed by atoms with Gasteiger partial charge in [-0.15, -0.1) is 0 Å². The van der Waals surface area contributed by atoms with E-state index in [1.54, 1.807) is 12.1 Å². The molecule has 9 heteroatoms. The van der Waals surface area contributed by atoms with Gasteiger partial charge < -0.3 is 10.3 Å². The fourth-order valence-electron chi connectivity index (χ4n) is 3.23. The summed E-state index contributed by atoms with van der Waals surface area (Å²) < 4.78 is 15.2. The molecule has 5 aromatic rings.